The highest BCUT2D eigenvalue weighted by Gasteiger charge is 2.21. The van der Waals surface area contributed by atoms with Gasteiger partial charge in [0, 0.05) is 6.20 Å². The Morgan fingerprint density at radius 3 is 2.68 bits per heavy atom. The molecule has 19 heavy (non-hydrogen) atoms. The molecule has 0 radical (unpaired) electrons. The number of hydrogen-bond donors (Lipinski definition) is 1. The summed E-state index contributed by atoms with van der Waals surface area (Å²) in [6, 6.07) is 1.55. The molecule has 0 aliphatic heterocycles. The maximum atomic E-state index is 12.9. The van der Waals surface area contributed by atoms with Gasteiger partial charge in [0.05, 0.1) is 19.3 Å². The van der Waals surface area contributed by atoms with E-state index in [0.717, 1.165) is 0 Å². The number of nitrogens with one attached hydrogen (secondary N) is 1. The van der Waals surface area contributed by atoms with Gasteiger partial charge in [-0.2, -0.15) is 0 Å². The predicted octanol–water partition coefficient (Wildman–Crippen LogP) is 2.33. The van der Waals surface area contributed by atoms with E-state index in [9.17, 15) is 9.18 Å². The number of carbonyl (C=O) groups is 1. The van der Waals surface area contributed by atoms with E-state index in [2.05, 4.69) is 9.72 Å². The molecule has 5 nitrogen and oxygen atoms in total. The van der Waals surface area contributed by atoms with Crippen molar-refractivity contribution in [1.29, 1.82) is 0 Å². The van der Waals surface area contributed by atoms with Gasteiger partial charge >= 0.3 is 5.97 Å². The fraction of sp³-hybridized carbons (Fsp3) is 0.615. The molecule has 0 saturated heterocycles. The van der Waals surface area contributed by atoms with Gasteiger partial charge in [-0.05, 0) is 26.8 Å². The molecular formula is C13H20FNO4. The normalized spacial score (nSPS) is 13.1. The van der Waals surface area contributed by atoms with Gasteiger partial charge in [0.1, 0.15) is 6.67 Å². The molecule has 0 fully saturated rings. The Balaban J connectivity index is 2.66. The number of ether oxygens (including phenoxy) is 3. The maximum absolute atomic E-state index is 12.9. The molecule has 1 unspecified atom stereocenters. The van der Waals surface area contributed by atoms with Gasteiger partial charge in [-0.15, -0.1) is 0 Å². The summed E-state index contributed by atoms with van der Waals surface area (Å²) in [6.45, 7) is 5.02. The molecule has 1 atom stereocenters. The van der Waals surface area contributed by atoms with Crippen LogP contribution in [0.25, 0.3) is 0 Å². The third-order valence-corrected chi connectivity index (χ3v) is 2.27. The zero-order valence-corrected chi connectivity index (χ0v) is 11.7. The van der Waals surface area contributed by atoms with Crippen molar-refractivity contribution in [2.45, 2.75) is 32.5 Å². The van der Waals surface area contributed by atoms with Crippen LogP contribution >= 0.6 is 0 Å². The fourth-order valence-electron chi connectivity index (χ4n) is 1.35. The van der Waals surface area contributed by atoms with Gasteiger partial charge in [-0.1, -0.05) is 0 Å². The van der Waals surface area contributed by atoms with Crippen molar-refractivity contribution in [1.82, 2.24) is 4.98 Å². The SMILES string of the molecule is COC(=O)c1[nH]ccc1OC(CF)COC(C)(C)C. The van der Waals surface area contributed by atoms with Gasteiger partial charge in [0.2, 0.25) is 0 Å². The number of H-pyrrole nitrogens is 1. The number of esters is 1. The topological polar surface area (TPSA) is 60.6 Å². The maximum Gasteiger partial charge on any atom is 0.358 e. The lowest BCUT2D eigenvalue weighted by atomic mass is 10.2. The monoisotopic (exact) mass is 273 g/mol. The van der Waals surface area contributed by atoms with Crippen LogP contribution in [0.4, 0.5) is 4.39 Å². The molecule has 108 valence electrons. The summed E-state index contributed by atoms with van der Waals surface area (Å²) in [4.78, 5) is 14.1. The molecular weight excluding hydrogens is 253 g/mol. The quantitative estimate of drug-likeness (QED) is 0.808. The zero-order chi connectivity index (χ0) is 14.5. The summed E-state index contributed by atoms with van der Waals surface area (Å²) >= 11 is 0. The van der Waals surface area contributed by atoms with Gasteiger partial charge < -0.3 is 19.2 Å². The summed E-state index contributed by atoms with van der Waals surface area (Å²) in [6.07, 6.45) is 0.764. The summed E-state index contributed by atoms with van der Waals surface area (Å²) in [7, 11) is 1.27. The van der Waals surface area contributed by atoms with Crippen molar-refractivity contribution in [2.24, 2.45) is 0 Å². The van der Waals surface area contributed by atoms with Crippen LogP contribution in [0, 0.1) is 0 Å². The van der Waals surface area contributed by atoms with Crippen molar-refractivity contribution < 1.29 is 23.4 Å². The van der Waals surface area contributed by atoms with Crippen LogP contribution < -0.4 is 4.74 Å². The number of hydrogen-bond acceptors (Lipinski definition) is 4. The number of aromatic nitrogens is 1. The number of alkyl halides is 1. The van der Waals surface area contributed by atoms with E-state index in [0.29, 0.717) is 0 Å². The number of halogens is 1. The van der Waals surface area contributed by atoms with E-state index in [4.69, 9.17) is 9.47 Å². The summed E-state index contributed by atoms with van der Waals surface area (Å²) in [5.41, 5.74) is -0.211. The van der Waals surface area contributed by atoms with Gasteiger partial charge in [0.15, 0.2) is 17.5 Å². The van der Waals surface area contributed by atoms with Crippen molar-refractivity contribution in [2.75, 3.05) is 20.4 Å². The smallest absolute Gasteiger partial charge is 0.358 e. The molecule has 1 heterocycles. The average molecular weight is 273 g/mol. The molecule has 0 aliphatic rings. The standard InChI is InChI=1S/C13H20FNO4/c1-13(2,3)18-8-9(7-14)19-10-5-6-15-11(10)12(16)17-4/h5-6,9,15H,7-8H2,1-4H3. The number of carbonyl (C=O) groups excluding carboxylic acids is 1. The van der Waals surface area contributed by atoms with Gasteiger partial charge in [-0.25, -0.2) is 9.18 Å². The molecule has 0 aliphatic carbocycles. The molecule has 1 aromatic rings. The van der Waals surface area contributed by atoms with Crippen LogP contribution in [0.3, 0.4) is 0 Å². The molecule has 0 amide bonds. The number of rotatable bonds is 6. The van der Waals surface area contributed by atoms with Crippen molar-refractivity contribution in [3.63, 3.8) is 0 Å². The van der Waals surface area contributed by atoms with Crippen LogP contribution in [0.5, 0.6) is 5.75 Å². The third-order valence-electron chi connectivity index (χ3n) is 2.27. The second-order valence-corrected chi connectivity index (χ2v) is 5.03. The molecule has 1 rings (SSSR count). The number of aromatic amines is 1. The highest BCUT2D eigenvalue weighted by Crippen LogP contribution is 2.20. The Bertz CT molecular complexity index is 411. The minimum atomic E-state index is -0.765. The number of methoxy groups -OCH3 is 1. The zero-order valence-electron chi connectivity index (χ0n) is 11.7. The van der Waals surface area contributed by atoms with Crippen molar-refractivity contribution in [3.05, 3.63) is 18.0 Å². The first-order valence-electron chi connectivity index (χ1n) is 5.99. The summed E-state index contributed by atoms with van der Waals surface area (Å²) < 4.78 is 28.4. The Morgan fingerprint density at radius 2 is 2.16 bits per heavy atom. The molecule has 0 spiro atoms. The Hall–Kier alpha value is -1.56. The van der Waals surface area contributed by atoms with E-state index in [-0.39, 0.29) is 23.7 Å². The van der Waals surface area contributed by atoms with Crippen LogP contribution in [-0.2, 0) is 9.47 Å². The van der Waals surface area contributed by atoms with E-state index >= 15 is 0 Å². The van der Waals surface area contributed by atoms with Crippen LogP contribution in [-0.4, -0.2) is 43.0 Å². The fourth-order valence-corrected chi connectivity index (χ4v) is 1.35. The molecule has 0 saturated carbocycles. The summed E-state index contributed by atoms with van der Waals surface area (Å²) in [5, 5.41) is 0. The minimum absolute atomic E-state index is 0.103. The third kappa shape index (κ3) is 4.90. The Labute approximate surface area is 112 Å². The minimum Gasteiger partial charge on any atom is -0.483 e. The summed E-state index contributed by atoms with van der Waals surface area (Å²) in [5.74, 6) is -0.304. The average Bonchev–Trinajstić information content (AvgIpc) is 2.80. The predicted molar refractivity (Wildman–Crippen MR) is 68.2 cm³/mol. The molecule has 6 heteroatoms. The van der Waals surface area contributed by atoms with Crippen molar-refractivity contribution in [3.8, 4) is 5.75 Å². The second-order valence-electron chi connectivity index (χ2n) is 5.03. The largest absolute Gasteiger partial charge is 0.483 e. The first kappa shape index (κ1) is 15.5. The lowest BCUT2D eigenvalue weighted by Gasteiger charge is -2.23. The lowest BCUT2D eigenvalue weighted by molar-refractivity contribution is -0.0466. The molecule has 1 aromatic heterocycles. The van der Waals surface area contributed by atoms with Crippen LogP contribution in [0.15, 0.2) is 12.3 Å². The molecule has 1 N–H and O–H groups in total. The van der Waals surface area contributed by atoms with E-state index in [1.165, 1.54) is 13.3 Å². The molecule has 0 bridgehead atoms. The Kier molecular flexibility index (Phi) is 5.35. The van der Waals surface area contributed by atoms with Crippen LogP contribution in [0.2, 0.25) is 0 Å². The van der Waals surface area contributed by atoms with E-state index < -0.39 is 18.7 Å². The highest BCUT2D eigenvalue weighted by atomic mass is 19.1. The Morgan fingerprint density at radius 1 is 1.47 bits per heavy atom. The van der Waals surface area contributed by atoms with Crippen LogP contribution in [0.1, 0.15) is 31.3 Å². The van der Waals surface area contributed by atoms with Gasteiger partial charge in [0.25, 0.3) is 0 Å². The van der Waals surface area contributed by atoms with E-state index in [1.807, 2.05) is 20.8 Å². The second kappa shape index (κ2) is 6.56. The first-order chi connectivity index (χ1) is 8.87. The highest BCUT2D eigenvalue weighted by molar-refractivity contribution is 5.90. The lowest BCUT2D eigenvalue weighted by Crippen LogP contribution is -2.31. The first-order valence-corrected chi connectivity index (χ1v) is 5.99. The van der Waals surface area contributed by atoms with E-state index in [1.54, 1.807) is 6.07 Å². The van der Waals surface area contributed by atoms with Gasteiger partial charge in [-0.3, -0.25) is 0 Å². The molecule has 0 aromatic carbocycles. The van der Waals surface area contributed by atoms with Crippen molar-refractivity contribution >= 4 is 5.97 Å².